The molecule has 0 aliphatic carbocycles. The van der Waals surface area contributed by atoms with Crippen molar-refractivity contribution in [3.8, 4) is 0 Å². The summed E-state index contributed by atoms with van der Waals surface area (Å²) in [6, 6.07) is 19.0. The van der Waals surface area contributed by atoms with E-state index >= 15 is 0 Å². The first-order chi connectivity index (χ1) is 14.3. The van der Waals surface area contributed by atoms with Crippen LogP contribution in [0.3, 0.4) is 0 Å². The highest BCUT2D eigenvalue weighted by Gasteiger charge is 2.17. The molecule has 7 nitrogen and oxygen atoms in total. The van der Waals surface area contributed by atoms with E-state index < -0.39 is 10.0 Å². The van der Waals surface area contributed by atoms with Crippen LogP contribution in [0.2, 0.25) is 0 Å². The van der Waals surface area contributed by atoms with Crippen LogP contribution in [0.4, 0.5) is 5.69 Å². The molecule has 30 heavy (non-hydrogen) atoms. The van der Waals surface area contributed by atoms with E-state index in [9.17, 15) is 13.2 Å². The summed E-state index contributed by atoms with van der Waals surface area (Å²) in [4.78, 5) is 17.0. The number of fused-ring (bicyclic) bond motifs is 1. The molecule has 1 aromatic heterocycles. The third-order valence-corrected chi connectivity index (χ3v) is 6.23. The summed E-state index contributed by atoms with van der Waals surface area (Å²) in [6.45, 7) is 3.59. The molecule has 0 spiro atoms. The lowest BCUT2D eigenvalue weighted by Crippen LogP contribution is -2.22. The van der Waals surface area contributed by atoms with Crippen molar-refractivity contribution < 1.29 is 13.2 Å². The number of para-hydroxylation sites is 2. The molecule has 0 atom stereocenters. The zero-order valence-electron chi connectivity index (χ0n) is 16.5. The van der Waals surface area contributed by atoms with Gasteiger partial charge in [0.1, 0.15) is 6.33 Å². The Hall–Kier alpha value is -3.65. The second-order valence-electron chi connectivity index (χ2n) is 7.00. The summed E-state index contributed by atoms with van der Waals surface area (Å²) in [5, 5.41) is 0. The fourth-order valence-corrected chi connectivity index (χ4v) is 4.51. The molecule has 152 valence electrons. The van der Waals surface area contributed by atoms with Crippen molar-refractivity contribution in [1.29, 1.82) is 0 Å². The van der Waals surface area contributed by atoms with Crippen LogP contribution < -0.4 is 10.1 Å². The lowest BCUT2D eigenvalue weighted by Gasteiger charge is -2.12. The minimum atomic E-state index is -3.73. The van der Waals surface area contributed by atoms with Gasteiger partial charge >= 0.3 is 0 Å². The largest absolute Gasteiger partial charge is 0.280 e. The molecule has 0 bridgehead atoms. The molecule has 0 unspecified atom stereocenters. The van der Waals surface area contributed by atoms with E-state index in [1.165, 1.54) is 6.33 Å². The molecule has 2 N–H and O–H groups in total. The molecule has 0 radical (unpaired) electrons. The monoisotopic (exact) mass is 420 g/mol. The van der Waals surface area contributed by atoms with Crippen LogP contribution in [0.5, 0.6) is 0 Å². The molecule has 4 rings (SSSR count). The van der Waals surface area contributed by atoms with Gasteiger partial charge in [-0.25, -0.2) is 18.1 Å². The van der Waals surface area contributed by atoms with Crippen LogP contribution in [0.25, 0.3) is 11.0 Å². The molecular formula is C22H20N4O3S. The first kappa shape index (κ1) is 19.7. The quantitative estimate of drug-likeness (QED) is 0.513. The SMILES string of the molecule is Cc1ccc(C)c(S(=O)(=O)Nc2ccc(C(=O)Nn3cnc4ccccc43)cc2)c1. The lowest BCUT2D eigenvalue weighted by atomic mass is 10.2. The van der Waals surface area contributed by atoms with Gasteiger partial charge in [0.25, 0.3) is 15.9 Å². The minimum Gasteiger partial charge on any atom is -0.280 e. The van der Waals surface area contributed by atoms with Crippen molar-refractivity contribution >= 4 is 32.7 Å². The van der Waals surface area contributed by atoms with Gasteiger partial charge in [-0.15, -0.1) is 0 Å². The van der Waals surface area contributed by atoms with Gasteiger partial charge in [0, 0.05) is 11.3 Å². The predicted octanol–water partition coefficient (Wildman–Crippen LogP) is 3.84. The maximum atomic E-state index is 12.7. The van der Waals surface area contributed by atoms with Crippen LogP contribution in [0.1, 0.15) is 21.5 Å². The normalized spacial score (nSPS) is 11.4. The zero-order chi connectivity index (χ0) is 21.3. The number of carbonyl (C=O) groups excluding carboxylic acids is 1. The van der Waals surface area contributed by atoms with Crippen molar-refractivity contribution in [3.63, 3.8) is 0 Å². The molecule has 1 heterocycles. The number of aromatic nitrogens is 2. The summed E-state index contributed by atoms with van der Waals surface area (Å²) in [7, 11) is -3.73. The average molecular weight is 420 g/mol. The number of anilines is 1. The number of amides is 1. The number of rotatable bonds is 5. The van der Waals surface area contributed by atoms with Crippen LogP contribution in [-0.2, 0) is 10.0 Å². The number of imidazole rings is 1. The second-order valence-corrected chi connectivity index (χ2v) is 8.65. The molecule has 0 aliphatic heterocycles. The molecule has 1 amide bonds. The maximum Gasteiger partial charge on any atom is 0.270 e. The summed E-state index contributed by atoms with van der Waals surface area (Å²) in [6.07, 6.45) is 1.54. The molecule has 0 aliphatic rings. The number of hydrogen-bond acceptors (Lipinski definition) is 4. The second kappa shape index (κ2) is 7.64. The Kier molecular flexibility index (Phi) is 5.01. The Balaban J connectivity index is 1.51. The van der Waals surface area contributed by atoms with Crippen LogP contribution in [0.15, 0.2) is 78.0 Å². The summed E-state index contributed by atoms with van der Waals surface area (Å²) in [5.41, 5.74) is 6.61. The fraction of sp³-hybridized carbons (Fsp3) is 0.0909. The molecule has 0 fully saturated rings. The lowest BCUT2D eigenvalue weighted by molar-refractivity contribution is 0.101. The van der Waals surface area contributed by atoms with E-state index in [2.05, 4.69) is 15.1 Å². The third kappa shape index (κ3) is 3.90. The summed E-state index contributed by atoms with van der Waals surface area (Å²) >= 11 is 0. The highest BCUT2D eigenvalue weighted by atomic mass is 32.2. The van der Waals surface area contributed by atoms with Crippen molar-refractivity contribution in [1.82, 2.24) is 9.66 Å². The highest BCUT2D eigenvalue weighted by Crippen LogP contribution is 2.21. The first-order valence-electron chi connectivity index (χ1n) is 9.27. The van der Waals surface area contributed by atoms with Gasteiger partial charge < -0.3 is 0 Å². The topological polar surface area (TPSA) is 93.1 Å². The predicted molar refractivity (Wildman–Crippen MR) is 117 cm³/mol. The van der Waals surface area contributed by atoms with Crippen LogP contribution in [-0.4, -0.2) is 24.0 Å². The van der Waals surface area contributed by atoms with E-state index in [1.54, 1.807) is 48.0 Å². The minimum absolute atomic E-state index is 0.233. The molecular weight excluding hydrogens is 400 g/mol. The van der Waals surface area contributed by atoms with Crippen LogP contribution in [0, 0.1) is 13.8 Å². The van der Waals surface area contributed by atoms with Gasteiger partial charge in [0.05, 0.1) is 15.9 Å². The molecule has 0 saturated heterocycles. The van der Waals surface area contributed by atoms with E-state index in [-0.39, 0.29) is 10.8 Å². The van der Waals surface area contributed by atoms with E-state index in [4.69, 9.17) is 0 Å². The van der Waals surface area contributed by atoms with E-state index in [0.29, 0.717) is 16.8 Å². The van der Waals surface area contributed by atoms with Gasteiger partial charge in [-0.3, -0.25) is 14.9 Å². The smallest absolute Gasteiger partial charge is 0.270 e. The number of sulfonamides is 1. The Morgan fingerprint density at radius 1 is 0.967 bits per heavy atom. The Bertz CT molecular complexity index is 1340. The summed E-state index contributed by atoms with van der Waals surface area (Å²) in [5.74, 6) is -0.331. The number of aryl methyl sites for hydroxylation is 2. The summed E-state index contributed by atoms with van der Waals surface area (Å²) < 4.78 is 29.6. The van der Waals surface area contributed by atoms with E-state index in [1.807, 2.05) is 37.3 Å². The zero-order valence-corrected chi connectivity index (χ0v) is 17.3. The first-order valence-corrected chi connectivity index (χ1v) is 10.8. The van der Waals surface area contributed by atoms with Gasteiger partial charge in [0.15, 0.2) is 0 Å². The van der Waals surface area contributed by atoms with Crippen molar-refractivity contribution in [3.05, 3.63) is 89.7 Å². The van der Waals surface area contributed by atoms with Gasteiger partial charge in [0.2, 0.25) is 0 Å². The third-order valence-electron chi connectivity index (χ3n) is 4.71. The maximum absolute atomic E-state index is 12.7. The Morgan fingerprint density at radius 3 is 2.47 bits per heavy atom. The van der Waals surface area contributed by atoms with Crippen molar-refractivity contribution in [2.45, 2.75) is 18.7 Å². The van der Waals surface area contributed by atoms with Gasteiger partial charge in [-0.1, -0.05) is 24.3 Å². The fourth-order valence-electron chi connectivity index (χ4n) is 3.12. The Labute approximate surface area is 174 Å². The van der Waals surface area contributed by atoms with Gasteiger partial charge in [-0.05, 0) is 67.4 Å². The number of benzene rings is 3. The number of nitrogens with zero attached hydrogens (tertiary/aromatic N) is 2. The highest BCUT2D eigenvalue weighted by molar-refractivity contribution is 7.92. The average Bonchev–Trinajstić information content (AvgIpc) is 3.13. The van der Waals surface area contributed by atoms with E-state index in [0.717, 1.165) is 16.6 Å². The molecule has 0 saturated carbocycles. The number of nitrogens with one attached hydrogen (secondary N) is 2. The molecule has 4 aromatic rings. The standard InChI is InChI=1S/C22H20N4O3S/c1-15-7-8-16(2)21(13-15)30(28,29)25-18-11-9-17(10-12-18)22(27)24-26-14-23-19-5-3-4-6-20(19)26/h3-14,25H,1-2H3,(H,24,27). The number of hydrogen-bond donors (Lipinski definition) is 2. The van der Waals surface area contributed by atoms with Crippen molar-refractivity contribution in [2.24, 2.45) is 0 Å². The molecule has 8 heteroatoms. The van der Waals surface area contributed by atoms with Crippen molar-refractivity contribution in [2.75, 3.05) is 10.1 Å². The Morgan fingerprint density at radius 2 is 1.70 bits per heavy atom. The van der Waals surface area contributed by atoms with Crippen LogP contribution >= 0.6 is 0 Å². The van der Waals surface area contributed by atoms with Gasteiger partial charge in [-0.2, -0.15) is 0 Å². The number of carbonyl (C=O) groups is 1. The molecule has 3 aromatic carbocycles.